The highest BCUT2D eigenvalue weighted by Gasteiger charge is 2.21. The van der Waals surface area contributed by atoms with Gasteiger partial charge in [-0.2, -0.15) is 5.10 Å². The molecular weight excluding hydrogens is 208 g/mol. The third-order valence-electron chi connectivity index (χ3n) is 2.39. The molecule has 1 N–H and O–H groups in total. The van der Waals surface area contributed by atoms with Gasteiger partial charge in [-0.25, -0.2) is 0 Å². The zero-order valence-electron chi connectivity index (χ0n) is 9.27. The molecular formula is C10H16N4S. The molecule has 15 heavy (non-hydrogen) atoms. The molecule has 1 aromatic heterocycles. The van der Waals surface area contributed by atoms with Crippen LogP contribution < -0.4 is 5.32 Å². The second-order valence-electron chi connectivity index (χ2n) is 4.06. The first-order valence-corrected chi connectivity index (χ1v) is 6.11. The van der Waals surface area contributed by atoms with E-state index in [4.69, 9.17) is 0 Å². The molecule has 0 bridgehead atoms. The van der Waals surface area contributed by atoms with Crippen molar-refractivity contribution in [2.24, 2.45) is 18.0 Å². The van der Waals surface area contributed by atoms with Crippen molar-refractivity contribution in [1.29, 1.82) is 0 Å². The number of hydrogen-bond donors (Lipinski definition) is 1. The van der Waals surface area contributed by atoms with Crippen LogP contribution in [0.4, 0.5) is 5.82 Å². The zero-order valence-corrected chi connectivity index (χ0v) is 10.1. The van der Waals surface area contributed by atoms with Crippen LogP contribution in [0.2, 0.25) is 0 Å². The Hall–Kier alpha value is -0.970. The molecule has 82 valence electrons. The first kappa shape index (κ1) is 10.5. The van der Waals surface area contributed by atoms with E-state index in [0.717, 1.165) is 16.7 Å². The highest BCUT2D eigenvalue weighted by atomic mass is 32.2. The number of amidine groups is 1. The molecule has 0 saturated heterocycles. The molecule has 1 aliphatic rings. The van der Waals surface area contributed by atoms with Gasteiger partial charge in [0.25, 0.3) is 0 Å². The van der Waals surface area contributed by atoms with Gasteiger partial charge in [0.1, 0.15) is 0 Å². The third kappa shape index (κ3) is 2.53. The van der Waals surface area contributed by atoms with E-state index in [0.29, 0.717) is 12.0 Å². The standard InChI is InChI=1S/C10H16N4S/c1-7(2)8-6-15-10(11-8)12-9-4-5-14(3)13-9/h4-5,7-8H,6H2,1-3H3,(H,11,12,13). The van der Waals surface area contributed by atoms with Crippen molar-refractivity contribution in [2.75, 3.05) is 11.1 Å². The maximum Gasteiger partial charge on any atom is 0.162 e. The normalized spacial score (nSPS) is 20.8. The van der Waals surface area contributed by atoms with Crippen LogP contribution in [0, 0.1) is 5.92 Å². The van der Waals surface area contributed by atoms with Crippen molar-refractivity contribution in [3.05, 3.63) is 12.3 Å². The molecule has 5 heteroatoms. The largest absolute Gasteiger partial charge is 0.318 e. The second kappa shape index (κ2) is 4.26. The molecule has 0 spiro atoms. The van der Waals surface area contributed by atoms with Crippen LogP contribution in [0.1, 0.15) is 13.8 Å². The first-order valence-electron chi connectivity index (χ1n) is 5.12. The van der Waals surface area contributed by atoms with Crippen LogP contribution in [0.3, 0.4) is 0 Å². The predicted octanol–water partition coefficient (Wildman–Crippen LogP) is 1.96. The highest BCUT2D eigenvalue weighted by molar-refractivity contribution is 8.14. The molecule has 2 rings (SSSR count). The average molecular weight is 224 g/mol. The fourth-order valence-electron chi connectivity index (χ4n) is 1.39. The molecule has 2 heterocycles. The summed E-state index contributed by atoms with van der Waals surface area (Å²) in [6.45, 7) is 4.41. The Labute approximate surface area is 94.2 Å². The van der Waals surface area contributed by atoms with Crippen molar-refractivity contribution < 1.29 is 0 Å². The van der Waals surface area contributed by atoms with E-state index >= 15 is 0 Å². The molecule has 1 unspecified atom stereocenters. The molecule has 4 nitrogen and oxygen atoms in total. The number of aliphatic imine (C=N–C) groups is 1. The van der Waals surface area contributed by atoms with Crippen LogP contribution in [0.5, 0.6) is 0 Å². The van der Waals surface area contributed by atoms with Crippen molar-refractivity contribution >= 4 is 22.7 Å². The van der Waals surface area contributed by atoms with Gasteiger partial charge < -0.3 is 5.32 Å². The number of aromatic nitrogens is 2. The van der Waals surface area contributed by atoms with Gasteiger partial charge in [0.2, 0.25) is 0 Å². The number of anilines is 1. The summed E-state index contributed by atoms with van der Waals surface area (Å²) in [6.07, 6.45) is 1.92. The maximum atomic E-state index is 4.61. The van der Waals surface area contributed by atoms with Crippen molar-refractivity contribution in [2.45, 2.75) is 19.9 Å². The van der Waals surface area contributed by atoms with Gasteiger partial charge in [0, 0.05) is 25.1 Å². The number of nitrogens with one attached hydrogen (secondary N) is 1. The SMILES string of the molecule is CC(C)C1CSC(Nc2ccn(C)n2)=N1. The lowest BCUT2D eigenvalue weighted by molar-refractivity contribution is 0.543. The lowest BCUT2D eigenvalue weighted by atomic mass is 10.1. The number of thioether (sulfide) groups is 1. The van der Waals surface area contributed by atoms with Crippen LogP contribution in [0.15, 0.2) is 17.3 Å². The Balaban J connectivity index is 1.99. The summed E-state index contributed by atoms with van der Waals surface area (Å²) < 4.78 is 1.78. The van der Waals surface area contributed by atoms with E-state index in [1.807, 2.05) is 19.3 Å². The molecule has 0 saturated carbocycles. The molecule has 0 radical (unpaired) electrons. The minimum absolute atomic E-state index is 0.446. The van der Waals surface area contributed by atoms with Crippen molar-refractivity contribution in [3.8, 4) is 0 Å². The van der Waals surface area contributed by atoms with E-state index in [1.54, 1.807) is 16.4 Å². The van der Waals surface area contributed by atoms with Crippen molar-refractivity contribution in [3.63, 3.8) is 0 Å². The Morgan fingerprint density at radius 2 is 2.40 bits per heavy atom. The van der Waals surface area contributed by atoms with E-state index < -0.39 is 0 Å². The molecule has 0 amide bonds. The fourth-order valence-corrected chi connectivity index (χ4v) is 2.57. The van der Waals surface area contributed by atoms with Gasteiger partial charge >= 0.3 is 0 Å². The summed E-state index contributed by atoms with van der Waals surface area (Å²) in [5.74, 6) is 2.56. The highest BCUT2D eigenvalue weighted by Crippen LogP contribution is 2.23. The average Bonchev–Trinajstić information content (AvgIpc) is 2.76. The number of rotatable bonds is 2. The first-order chi connectivity index (χ1) is 7.15. The third-order valence-corrected chi connectivity index (χ3v) is 3.38. The zero-order chi connectivity index (χ0) is 10.8. The Morgan fingerprint density at radius 1 is 1.60 bits per heavy atom. The smallest absolute Gasteiger partial charge is 0.162 e. The summed E-state index contributed by atoms with van der Waals surface area (Å²) >= 11 is 1.77. The maximum absolute atomic E-state index is 4.61. The van der Waals surface area contributed by atoms with Gasteiger partial charge in [0.15, 0.2) is 11.0 Å². The van der Waals surface area contributed by atoms with Crippen molar-refractivity contribution in [1.82, 2.24) is 9.78 Å². The Morgan fingerprint density at radius 3 is 2.93 bits per heavy atom. The van der Waals surface area contributed by atoms with Gasteiger partial charge in [-0.15, -0.1) is 0 Å². The molecule has 0 aliphatic carbocycles. The predicted molar refractivity (Wildman–Crippen MR) is 65.3 cm³/mol. The Bertz CT molecular complexity index is 369. The molecule has 1 atom stereocenters. The molecule has 0 aromatic carbocycles. The summed E-state index contributed by atoms with van der Waals surface area (Å²) in [5.41, 5.74) is 0. The monoisotopic (exact) mass is 224 g/mol. The number of hydrogen-bond acceptors (Lipinski definition) is 4. The molecule has 1 aromatic rings. The topological polar surface area (TPSA) is 42.2 Å². The van der Waals surface area contributed by atoms with Crippen LogP contribution in [-0.2, 0) is 7.05 Å². The lowest BCUT2D eigenvalue weighted by Crippen LogP contribution is -2.12. The van der Waals surface area contributed by atoms with E-state index in [-0.39, 0.29) is 0 Å². The molecule has 1 aliphatic heterocycles. The van der Waals surface area contributed by atoms with Crippen LogP contribution in [-0.4, -0.2) is 26.7 Å². The Kier molecular flexibility index (Phi) is 3.00. The van der Waals surface area contributed by atoms with E-state index in [9.17, 15) is 0 Å². The summed E-state index contributed by atoms with van der Waals surface area (Å²) in [6, 6.07) is 2.40. The molecule has 0 fully saturated rings. The number of aryl methyl sites for hydroxylation is 1. The second-order valence-corrected chi connectivity index (χ2v) is 5.06. The van der Waals surface area contributed by atoms with Gasteiger partial charge in [-0.05, 0) is 5.92 Å². The number of nitrogens with zero attached hydrogens (tertiary/aromatic N) is 3. The minimum atomic E-state index is 0.446. The summed E-state index contributed by atoms with van der Waals surface area (Å²) in [7, 11) is 1.91. The van der Waals surface area contributed by atoms with Gasteiger partial charge in [0.05, 0.1) is 6.04 Å². The van der Waals surface area contributed by atoms with E-state index in [1.165, 1.54) is 0 Å². The van der Waals surface area contributed by atoms with Crippen LogP contribution >= 0.6 is 11.8 Å². The lowest BCUT2D eigenvalue weighted by Gasteiger charge is -2.07. The van der Waals surface area contributed by atoms with Gasteiger partial charge in [-0.1, -0.05) is 25.6 Å². The van der Waals surface area contributed by atoms with Gasteiger partial charge in [-0.3, -0.25) is 9.67 Å². The fraction of sp³-hybridized carbons (Fsp3) is 0.600. The summed E-state index contributed by atoms with van der Waals surface area (Å²) in [5, 5.41) is 8.48. The quantitative estimate of drug-likeness (QED) is 0.835. The van der Waals surface area contributed by atoms with Crippen LogP contribution in [0.25, 0.3) is 0 Å². The summed E-state index contributed by atoms with van der Waals surface area (Å²) in [4.78, 5) is 4.61. The van der Waals surface area contributed by atoms with E-state index in [2.05, 4.69) is 29.3 Å². The minimum Gasteiger partial charge on any atom is -0.318 e.